The number of nitrogens with zero attached hydrogens (tertiary/aromatic N) is 4. The Labute approximate surface area is 189 Å². The third-order valence-corrected chi connectivity index (χ3v) is 8.32. The van der Waals surface area contributed by atoms with Crippen molar-refractivity contribution in [3.8, 4) is 0 Å². The summed E-state index contributed by atoms with van der Waals surface area (Å²) in [5.74, 6) is -0.143. The second kappa shape index (κ2) is 9.48. The third-order valence-electron chi connectivity index (χ3n) is 4.52. The zero-order valence-electron chi connectivity index (χ0n) is 17.2. The number of methoxy groups -OCH3 is 1. The van der Waals surface area contributed by atoms with E-state index in [1.807, 2.05) is 0 Å². The highest BCUT2D eigenvalue weighted by atomic mass is 31.3. The molecule has 0 spiro atoms. The lowest BCUT2D eigenvalue weighted by Gasteiger charge is -2.20. The van der Waals surface area contributed by atoms with Gasteiger partial charge in [0.1, 0.15) is 18.3 Å². The van der Waals surface area contributed by atoms with Crippen molar-refractivity contribution in [1.29, 1.82) is 0 Å². The van der Waals surface area contributed by atoms with Crippen LogP contribution in [0.4, 0.5) is 5.95 Å². The number of rotatable bonds is 9. The number of ether oxygens (including phenoxy) is 2. The van der Waals surface area contributed by atoms with Gasteiger partial charge in [0.25, 0.3) is 5.56 Å². The molecule has 0 radical (unpaired) electrons. The summed E-state index contributed by atoms with van der Waals surface area (Å²) in [6, 6.07) is 0. The number of hydrogen-bond acceptors (Lipinski definition) is 13. The topological polar surface area (TPSA) is 277 Å². The van der Waals surface area contributed by atoms with Gasteiger partial charge in [0.2, 0.25) is 5.95 Å². The van der Waals surface area contributed by atoms with Gasteiger partial charge in [0.15, 0.2) is 17.4 Å². The zero-order chi connectivity index (χ0) is 25.6. The standard InChI is InChI=1S/C12H20N5O14P3/c1-16-10(19)6-9(15-12(16)13)17(4-14-6)11-8(27-2)7(18)5(29-11)3-28-33(23,24)31-34(25,26)30-32(20,21)22/h4-5,7-8,11,18H,3H2,1-2H3,(H2,13,15)(H,23,24)(H,25,26)(H2,20,21,22)/t5-,7-,8-,11-/m1/s1. The highest BCUT2D eigenvalue weighted by Crippen LogP contribution is 2.66. The van der Waals surface area contributed by atoms with Crippen molar-refractivity contribution in [2.45, 2.75) is 24.5 Å². The second-order valence-corrected chi connectivity index (χ2v) is 11.2. The minimum absolute atomic E-state index is 0.00612. The molecule has 3 heterocycles. The van der Waals surface area contributed by atoms with Crippen molar-refractivity contribution >= 4 is 40.6 Å². The summed E-state index contributed by atoms with van der Waals surface area (Å²) in [6.45, 7) is -0.925. The number of aliphatic hydroxyl groups excluding tert-OH is 1. The van der Waals surface area contributed by atoms with Crippen LogP contribution in [0.1, 0.15) is 6.23 Å². The summed E-state index contributed by atoms with van der Waals surface area (Å²) in [7, 11) is -14.1. The van der Waals surface area contributed by atoms with E-state index in [2.05, 4.69) is 23.1 Å². The van der Waals surface area contributed by atoms with Gasteiger partial charge >= 0.3 is 23.5 Å². The minimum Gasteiger partial charge on any atom is -0.387 e. The number of hydrogen-bond donors (Lipinski definition) is 6. The number of phosphoric acid groups is 3. The molecule has 1 aliphatic heterocycles. The molecule has 2 unspecified atom stereocenters. The summed E-state index contributed by atoms with van der Waals surface area (Å²) in [4.78, 5) is 56.2. The van der Waals surface area contributed by atoms with E-state index in [0.29, 0.717) is 0 Å². The maximum absolute atomic E-state index is 12.3. The molecule has 1 saturated heterocycles. The Balaban J connectivity index is 1.78. The lowest BCUT2D eigenvalue weighted by molar-refractivity contribution is -0.0577. The fourth-order valence-electron chi connectivity index (χ4n) is 3.05. The number of nitrogens with two attached hydrogens (primary N) is 1. The van der Waals surface area contributed by atoms with Crippen LogP contribution in [0.3, 0.4) is 0 Å². The van der Waals surface area contributed by atoms with Gasteiger partial charge in [-0.2, -0.15) is 13.6 Å². The van der Waals surface area contributed by atoms with Crippen LogP contribution in [0.5, 0.6) is 0 Å². The van der Waals surface area contributed by atoms with Gasteiger partial charge in [-0.15, -0.1) is 0 Å². The number of nitrogen functional groups attached to an aromatic ring is 1. The average molecular weight is 551 g/mol. The van der Waals surface area contributed by atoms with Crippen LogP contribution in [0.25, 0.3) is 11.2 Å². The third kappa shape index (κ3) is 5.80. The van der Waals surface area contributed by atoms with Gasteiger partial charge in [-0.1, -0.05) is 0 Å². The summed E-state index contributed by atoms with van der Waals surface area (Å²) in [5.41, 5.74) is 5.08. The van der Waals surface area contributed by atoms with Gasteiger partial charge < -0.3 is 39.9 Å². The Kier molecular flexibility index (Phi) is 7.54. The predicted octanol–water partition coefficient (Wildman–Crippen LogP) is -1.67. The zero-order valence-corrected chi connectivity index (χ0v) is 19.9. The summed E-state index contributed by atoms with van der Waals surface area (Å²) < 4.78 is 58.9. The summed E-state index contributed by atoms with van der Waals surface area (Å²) >= 11 is 0. The molecule has 0 amide bonds. The molecule has 19 nitrogen and oxygen atoms in total. The van der Waals surface area contributed by atoms with E-state index in [4.69, 9.17) is 25.0 Å². The first kappa shape index (κ1) is 27.0. The number of aromatic nitrogens is 4. The normalized spacial score (nSPS) is 27.0. The van der Waals surface area contributed by atoms with Crippen molar-refractivity contribution in [2.75, 3.05) is 19.5 Å². The quantitative estimate of drug-likeness (QED) is 0.190. The maximum Gasteiger partial charge on any atom is 0.490 e. The highest BCUT2D eigenvalue weighted by Gasteiger charge is 2.48. The molecule has 6 atom stereocenters. The summed E-state index contributed by atoms with van der Waals surface area (Å²) in [5, 5.41) is 10.5. The highest BCUT2D eigenvalue weighted by molar-refractivity contribution is 7.66. The van der Waals surface area contributed by atoms with Gasteiger partial charge in [0.05, 0.1) is 12.9 Å². The SMILES string of the molecule is CO[C@@H]1[C@H](O)[C@@H](COP(=O)(O)OP(=O)(O)OP(=O)(O)O)O[C@H]1n1cnc2c(=O)n(C)c(N)nc21. The average Bonchev–Trinajstić information content (AvgIpc) is 3.22. The number of imidazole rings is 1. The van der Waals surface area contributed by atoms with E-state index in [1.165, 1.54) is 25.1 Å². The lowest BCUT2D eigenvalue weighted by Crippen LogP contribution is -2.35. The first-order valence-corrected chi connectivity index (χ1v) is 13.4. The van der Waals surface area contributed by atoms with Crippen molar-refractivity contribution in [2.24, 2.45) is 7.05 Å². The maximum atomic E-state index is 12.3. The number of phosphoric ester groups is 1. The van der Waals surface area contributed by atoms with Gasteiger partial charge in [-0.25, -0.2) is 18.7 Å². The largest absolute Gasteiger partial charge is 0.490 e. The van der Waals surface area contributed by atoms with E-state index in [9.17, 15) is 33.4 Å². The first-order valence-electron chi connectivity index (χ1n) is 8.89. The predicted molar refractivity (Wildman–Crippen MR) is 108 cm³/mol. The lowest BCUT2D eigenvalue weighted by atomic mass is 10.1. The Bertz CT molecular complexity index is 1270. The van der Waals surface area contributed by atoms with Crippen molar-refractivity contribution in [3.63, 3.8) is 0 Å². The van der Waals surface area contributed by atoms with Crippen LogP contribution in [-0.2, 0) is 43.4 Å². The minimum atomic E-state index is -5.72. The molecule has 2 aromatic heterocycles. The van der Waals surface area contributed by atoms with Gasteiger partial charge in [0, 0.05) is 14.2 Å². The fraction of sp³-hybridized carbons (Fsp3) is 0.583. The molecule has 0 saturated carbocycles. The van der Waals surface area contributed by atoms with Crippen molar-refractivity contribution in [3.05, 3.63) is 16.7 Å². The van der Waals surface area contributed by atoms with Crippen LogP contribution in [-0.4, -0.2) is 75.8 Å². The number of fused-ring (bicyclic) bond motifs is 1. The number of aliphatic hydroxyl groups is 1. The summed E-state index contributed by atoms with van der Waals surface area (Å²) in [6.07, 6.45) is -4.06. The molecule has 7 N–H and O–H groups in total. The van der Waals surface area contributed by atoms with Crippen molar-refractivity contribution in [1.82, 2.24) is 19.1 Å². The molecule has 22 heteroatoms. The Morgan fingerprint density at radius 2 is 1.82 bits per heavy atom. The molecule has 1 aliphatic rings. The molecule has 0 aromatic carbocycles. The molecule has 192 valence electrons. The molecule has 1 fully saturated rings. The monoisotopic (exact) mass is 551 g/mol. The van der Waals surface area contributed by atoms with E-state index >= 15 is 0 Å². The van der Waals surface area contributed by atoms with Crippen LogP contribution in [0.2, 0.25) is 0 Å². The van der Waals surface area contributed by atoms with Crippen LogP contribution < -0.4 is 11.3 Å². The van der Waals surface area contributed by atoms with Crippen molar-refractivity contribution < 1.29 is 61.0 Å². The Morgan fingerprint density at radius 1 is 1.18 bits per heavy atom. The molecule has 0 aliphatic carbocycles. The number of anilines is 1. The van der Waals surface area contributed by atoms with E-state index < -0.39 is 60.2 Å². The Morgan fingerprint density at radius 3 is 2.41 bits per heavy atom. The van der Waals surface area contributed by atoms with Gasteiger partial charge in [-0.05, 0) is 0 Å². The van der Waals surface area contributed by atoms with E-state index in [0.717, 1.165) is 4.57 Å². The Hall–Kier alpha value is -1.56. The van der Waals surface area contributed by atoms with Gasteiger partial charge in [-0.3, -0.25) is 18.5 Å². The molecule has 2 aromatic rings. The smallest absolute Gasteiger partial charge is 0.387 e. The van der Waals surface area contributed by atoms with Crippen LogP contribution in [0.15, 0.2) is 11.1 Å². The van der Waals surface area contributed by atoms with Crippen LogP contribution in [0, 0.1) is 0 Å². The molecular formula is C12H20N5O14P3. The van der Waals surface area contributed by atoms with E-state index in [1.54, 1.807) is 0 Å². The molecule has 3 rings (SSSR count). The molecular weight excluding hydrogens is 531 g/mol. The molecule has 0 bridgehead atoms. The second-order valence-electron chi connectivity index (χ2n) is 6.80. The first-order chi connectivity index (χ1) is 15.6. The fourth-order valence-corrected chi connectivity index (χ4v) is 6.08. The molecule has 34 heavy (non-hydrogen) atoms. The van der Waals surface area contributed by atoms with E-state index in [-0.39, 0.29) is 17.1 Å². The van der Waals surface area contributed by atoms with Crippen LogP contribution >= 0.6 is 23.5 Å².